The molecule has 0 aliphatic heterocycles. The second-order valence-corrected chi connectivity index (χ2v) is 5.52. The number of halogens is 2. The van der Waals surface area contributed by atoms with Crippen molar-refractivity contribution in [3.05, 3.63) is 44.7 Å². The highest BCUT2D eigenvalue weighted by Gasteiger charge is 2.05. The van der Waals surface area contributed by atoms with Crippen molar-refractivity contribution in [1.82, 2.24) is 9.78 Å². The Bertz CT molecular complexity index is 582. The van der Waals surface area contributed by atoms with Crippen LogP contribution in [0, 0.1) is 10.5 Å². The average Bonchev–Trinajstić information content (AvgIpc) is 2.69. The monoisotopic (exact) mass is 375 g/mol. The first-order valence-corrected chi connectivity index (χ1v) is 6.74. The van der Waals surface area contributed by atoms with Crippen LogP contribution in [-0.4, -0.2) is 15.7 Å². The number of hydrogen-bond acceptors (Lipinski definition) is 2. The predicted octanol–water partition coefficient (Wildman–Crippen LogP) is 3.09. The summed E-state index contributed by atoms with van der Waals surface area (Å²) < 4.78 is 2.59. The number of nitrogens with one attached hydrogen (secondary N) is 1. The van der Waals surface area contributed by atoms with Crippen molar-refractivity contribution in [2.75, 3.05) is 5.32 Å². The van der Waals surface area contributed by atoms with E-state index in [1.165, 1.54) is 0 Å². The van der Waals surface area contributed by atoms with Crippen molar-refractivity contribution in [3.63, 3.8) is 0 Å². The summed E-state index contributed by atoms with van der Waals surface area (Å²) in [5.74, 6) is -0.130. The van der Waals surface area contributed by atoms with E-state index in [2.05, 4.69) is 33.0 Å². The van der Waals surface area contributed by atoms with E-state index in [0.717, 1.165) is 9.13 Å². The van der Waals surface area contributed by atoms with Crippen LogP contribution in [0.4, 0.5) is 5.69 Å². The smallest absolute Gasteiger partial charge is 0.246 e. The lowest BCUT2D eigenvalue weighted by Gasteiger charge is -2.06. The summed E-state index contributed by atoms with van der Waals surface area (Å²) in [5.41, 5.74) is 1.67. The molecule has 4 nitrogen and oxygen atoms in total. The number of benzene rings is 1. The number of anilines is 1. The molecular formula is C12H11ClIN3O. The van der Waals surface area contributed by atoms with E-state index in [1.54, 1.807) is 16.9 Å². The van der Waals surface area contributed by atoms with Gasteiger partial charge in [-0.25, -0.2) is 0 Å². The Kier molecular flexibility index (Phi) is 4.23. The van der Waals surface area contributed by atoms with E-state index < -0.39 is 0 Å². The SMILES string of the molecule is Cc1ccc(NC(=O)Cn2cc(I)cn2)cc1Cl. The molecule has 1 heterocycles. The van der Waals surface area contributed by atoms with Gasteiger partial charge in [0.2, 0.25) is 5.91 Å². The van der Waals surface area contributed by atoms with Crippen LogP contribution < -0.4 is 5.32 Å². The summed E-state index contributed by atoms with van der Waals surface area (Å²) in [6.07, 6.45) is 3.51. The molecule has 1 aromatic heterocycles. The number of nitrogens with zero attached hydrogens (tertiary/aromatic N) is 2. The molecule has 0 spiro atoms. The number of aromatic nitrogens is 2. The highest BCUT2D eigenvalue weighted by atomic mass is 127. The Labute approximate surface area is 123 Å². The molecule has 18 heavy (non-hydrogen) atoms. The lowest BCUT2D eigenvalue weighted by atomic mass is 10.2. The van der Waals surface area contributed by atoms with Crippen molar-refractivity contribution in [2.45, 2.75) is 13.5 Å². The van der Waals surface area contributed by atoms with Crippen LogP contribution in [0.1, 0.15) is 5.56 Å². The fourth-order valence-electron chi connectivity index (χ4n) is 1.44. The minimum Gasteiger partial charge on any atom is -0.324 e. The summed E-state index contributed by atoms with van der Waals surface area (Å²) in [6.45, 7) is 2.11. The van der Waals surface area contributed by atoms with Gasteiger partial charge in [-0.3, -0.25) is 9.48 Å². The third-order valence-corrected chi connectivity index (χ3v) is 3.33. The van der Waals surface area contributed by atoms with Gasteiger partial charge >= 0.3 is 0 Å². The van der Waals surface area contributed by atoms with Gasteiger partial charge in [0.25, 0.3) is 0 Å². The van der Waals surface area contributed by atoms with Crippen LogP contribution in [0.15, 0.2) is 30.6 Å². The molecule has 0 unspecified atom stereocenters. The zero-order chi connectivity index (χ0) is 13.1. The molecule has 0 saturated carbocycles. The molecule has 2 aromatic rings. The lowest BCUT2D eigenvalue weighted by Crippen LogP contribution is -2.19. The van der Waals surface area contributed by atoms with Crippen LogP contribution in [0.5, 0.6) is 0 Å². The Balaban J connectivity index is 2.00. The molecule has 0 aliphatic carbocycles. The Morgan fingerprint density at radius 2 is 2.33 bits per heavy atom. The highest BCUT2D eigenvalue weighted by molar-refractivity contribution is 14.1. The van der Waals surface area contributed by atoms with Gasteiger partial charge in [-0.2, -0.15) is 5.10 Å². The first kappa shape index (κ1) is 13.4. The van der Waals surface area contributed by atoms with E-state index in [-0.39, 0.29) is 12.5 Å². The van der Waals surface area contributed by atoms with Crippen molar-refractivity contribution in [3.8, 4) is 0 Å². The van der Waals surface area contributed by atoms with Crippen LogP contribution in [0.2, 0.25) is 5.02 Å². The first-order chi connectivity index (χ1) is 8.54. The number of carbonyl (C=O) groups is 1. The zero-order valence-corrected chi connectivity index (χ0v) is 12.6. The first-order valence-electron chi connectivity index (χ1n) is 5.28. The zero-order valence-electron chi connectivity index (χ0n) is 9.65. The second-order valence-electron chi connectivity index (χ2n) is 3.87. The molecule has 0 radical (unpaired) electrons. The maximum absolute atomic E-state index is 11.8. The quantitative estimate of drug-likeness (QED) is 0.838. The molecule has 0 bridgehead atoms. The predicted molar refractivity (Wildman–Crippen MR) is 79.8 cm³/mol. The van der Waals surface area contributed by atoms with Crippen LogP contribution >= 0.6 is 34.2 Å². The largest absolute Gasteiger partial charge is 0.324 e. The summed E-state index contributed by atoms with van der Waals surface area (Å²) in [7, 11) is 0. The van der Waals surface area contributed by atoms with E-state index in [0.29, 0.717) is 10.7 Å². The van der Waals surface area contributed by atoms with Crippen molar-refractivity contribution < 1.29 is 4.79 Å². The van der Waals surface area contributed by atoms with E-state index >= 15 is 0 Å². The van der Waals surface area contributed by atoms with Gasteiger partial charge in [-0.05, 0) is 47.2 Å². The van der Waals surface area contributed by atoms with Crippen molar-refractivity contribution >= 4 is 45.8 Å². The Hall–Kier alpha value is -1.08. The third-order valence-electron chi connectivity index (χ3n) is 2.36. The normalized spacial score (nSPS) is 10.4. The number of amides is 1. The molecule has 0 aliphatic rings. The highest BCUT2D eigenvalue weighted by Crippen LogP contribution is 2.19. The van der Waals surface area contributed by atoms with E-state index in [4.69, 9.17) is 11.6 Å². The summed E-state index contributed by atoms with van der Waals surface area (Å²) in [6, 6.07) is 5.43. The number of rotatable bonds is 3. The minimum atomic E-state index is -0.130. The molecule has 0 fully saturated rings. The molecule has 1 N–H and O–H groups in total. The molecule has 0 saturated heterocycles. The fourth-order valence-corrected chi connectivity index (χ4v) is 2.07. The topological polar surface area (TPSA) is 46.9 Å². The summed E-state index contributed by atoms with van der Waals surface area (Å²) >= 11 is 8.14. The maximum Gasteiger partial charge on any atom is 0.246 e. The number of carbonyl (C=O) groups excluding carboxylic acids is 1. The third kappa shape index (κ3) is 3.46. The van der Waals surface area contributed by atoms with Crippen molar-refractivity contribution in [2.24, 2.45) is 0 Å². The number of hydrogen-bond donors (Lipinski definition) is 1. The van der Waals surface area contributed by atoms with Gasteiger partial charge in [-0.15, -0.1) is 0 Å². The Morgan fingerprint density at radius 1 is 1.56 bits per heavy atom. The van der Waals surface area contributed by atoms with Crippen LogP contribution in [-0.2, 0) is 11.3 Å². The fraction of sp³-hybridized carbons (Fsp3) is 0.167. The van der Waals surface area contributed by atoms with Crippen molar-refractivity contribution in [1.29, 1.82) is 0 Å². The van der Waals surface area contributed by atoms with Gasteiger partial charge < -0.3 is 5.32 Å². The number of aryl methyl sites for hydroxylation is 1. The molecular weight excluding hydrogens is 365 g/mol. The van der Waals surface area contributed by atoms with Gasteiger partial charge in [0.15, 0.2) is 0 Å². The summed E-state index contributed by atoms with van der Waals surface area (Å²) in [4.78, 5) is 11.8. The van der Waals surface area contributed by atoms with Crippen LogP contribution in [0.3, 0.4) is 0 Å². The molecule has 6 heteroatoms. The molecule has 1 amide bonds. The summed E-state index contributed by atoms with van der Waals surface area (Å²) in [5, 5.41) is 7.47. The second kappa shape index (κ2) is 5.71. The standard InChI is InChI=1S/C12H11ClIN3O/c1-8-2-3-10(4-11(8)13)16-12(18)7-17-6-9(14)5-15-17/h2-6H,7H2,1H3,(H,16,18). The molecule has 1 aromatic carbocycles. The molecule has 2 rings (SSSR count). The minimum absolute atomic E-state index is 0.130. The Morgan fingerprint density at radius 3 is 2.94 bits per heavy atom. The maximum atomic E-state index is 11.8. The average molecular weight is 376 g/mol. The lowest BCUT2D eigenvalue weighted by molar-refractivity contribution is -0.116. The van der Waals surface area contributed by atoms with Gasteiger partial charge in [0, 0.05) is 16.9 Å². The molecule has 0 atom stereocenters. The van der Waals surface area contributed by atoms with Gasteiger partial charge in [-0.1, -0.05) is 17.7 Å². The van der Waals surface area contributed by atoms with Gasteiger partial charge in [0.05, 0.1) is 9.77 Å². The van der Waals surface area contributed by atoms with E-state index in [1.807, 2.05) is 25.3 Å². The molecule has 94 valence electrons. The van der Waals surface area contributed by atoms with Crippen LogP contribution in [0.25, 0.3) is 0 Å². The van der Waals surface area contributed by atoms with E-state index in [9.17, 15) is 4.79 Å². The van der Waals surface area contributed by atoms with Gasteiger partial charge in [0.1, 0.15) is 6.54 Å².